The van der Waals surface area contributed by atoms with Gasteiger partial charge in [-0.25, -0.2) is 4.79 Å². The van der Waals surface area contributed by atoms with Crippen LogP contribution >= 0.6 is 0 Å². The molecule has 0 amide bonds. The fourth-order valence-electron chi connectivity index (χ4n) is 1.10. The number of methoxy groups -OCH3 is 1. The van der Waals surface area contributed by atoms with E-state index in [-0.39, 0.29) is 12.4 Å². The molecule has 0 saturated carbocycles. The van der Waals surface area contributed by atoms with Crippen LogP contribution in [0.25, 0.3) is 6.08 Å². The van der Waals surface area contributed by atoms with Crippen molar-refractivity contribution >= 4 is 12.0 Å². The maximum absolute atomic E-state index is 10.9. The Morgan fingerprint density at radius 3 is 2.71 bits per heavy atom. The Morgan fingerprint density at radius 2 is 2.12 bits per heavy atom. The maximum atomic E-state index is 10.9. The molecule has 3 heteroatoms. The normalized spacial score (nSPS) is 9.18. The third-order valence-electron chi connectivity index (χ3n) is 1.92. The molecule has 0 radical (unpaired) electrons. The summed E-state index contributed by atoms with van der Waals surface area (Å²) in [6, 6.07) is 9.31. The van der Waals surface area contributed by atoms with Gasteiger partial charge in [0.05, 0.1) is 19.6 Å². The molecule has 84 valence electrons. The zero-order valence-corrected chi connectivity index (χ0v) is 9.43. The van der Waals surface area contributed by atoms with Crippen molar-refractivity contribution in [1.29, 1.82) is 5.26 Å². The number of rotatable bonds is 2. The Hall–Kier alpha value is -2.52. The molecule has 0 spiro atoms. The third-order valence-corrected chi connectivity index (χ3v) is 1.92. The van der Waals surface area contributed by atoms with Crippen molar-refractivity contribution in [3.05, 3.63) is 41.5 Å². The van der Waals surface area contributed by atoms with E-state index in [1.54, 1.807) is 6.08 Å². The van der Waals surface area contributed by atoms with Crippen LogP contribution in [0.5, 0.6) is 0 Å². The Kier molecular flexibility index (Phi) is 5.07. The molecule has 1 rings (SSSR count). The smallest absolute Gasteiger partial charge is 0.330 e. The van der Waals surface area contributed by atoms with Crippen molar-refractivity contribution in [2.75, 3.05) is 7.11 Å². The SMILES string of the molecule is COC(=O)/C=C/c1ccc(C#CCC#N)cc1. The summed E-state index contributed by atoms with van der Waals surface area (Å²) >= 11 is 0. The number of nitriles is 1. The molecule has 0 aliphatic rings. The minimum absolute atomic E-state index is 0.226. The molecule has 0 aromatic heterocycles. The highest BCUT2D eigenvalue weighted by Crippen LogP contribution is 2.05. The molecule has 17 heavy (non-hydrogen) atoms. The Labute approximate surface area is 100 Å². The van der Waals surface area contributed by atoms with E-state index in [4.69, 9.17) is 5.26 Å². The lowest BCUT2D eigenvalue weighted by Crippen LogP contribution is -1.93. The molecule has 3 nitrogen and oxygen atoms in total. The number of benzene rings is 1. The summed E-state index contributed by atoms with van der Waals surface area (Å²) in [7, 11) is 1.33. The van der Waals surface area contributed by atoms with Crippen molar-refractivity contribution in [3.8, 4) is 17.9 Å². The second-order valence-electron chi connectivity index (χ2n) is 3.12. The van der Waals surface area contributed by atoms with Crippen LogP contribution in [0.3, 0.4) is 0 Å². The predicted molar refractivity (Wildman–Crippen MR) is 64.6 cm³/mol. The lowest BCUT2D eigenvalue weighted by Gasteiger charge is -1.94. The molecule has 0 heterocycles. The van der Waals surface area contributed by atoms with E-state index < -0.39 is 0 Å². The molecule has 1 aromatic carbocycles. The first-order chi connectivity index (χ1) is 8.26. The first-order valence-corrected chi connectivity index (χ1v) is 4.98. The van der Waals surface area contributed by atoms with Gasteiger partial charge in [-0.15, -0.1) is 0 Å². The van der Waals surface area contributed by atoms with Gasteiger partial charge in [-0.05, 0) is 23.8 Å². The topological polar surface area (TPSA) is 50.1 Å². The number of ether oxygens (including phenoxy) is 1. The van der Waals surface area contributed by atoms with Crippen LogP contribution in [0.1, 0.15) is 17.5 Å². The van der Waals surface area contributed by atoms with Crippen LogP contribution in [0.4, 0.5) is 0 Å². The van der Waals surface area contributed by atoms with E-state index in [2.05, 4.69) is 16.6 Å². The van der Waals surface area contributed by atoms with Crippen LogP contribution in [0, 0.1) is 23.2 Å². The van der Waals surface area contributed by atoms with Gasteiger partial charge < -0.3 is 4.74 Å². The molecule has 0 unspecified atom stereocenters. The summed E-state index contributed by atoms with van der Waals surface area (Å²) in [4.78, 5) is 10.9. The number of hydrogen-bond acceptors (Lipinski definition) is 3. The summed E-state index contributed by atoms with van der Waals surface area (Å²) < 4.78 is 4.48. The summed E-state index contributed by atoms with van der Waals surface area (Å²) in [6.45, 7) is 0. The number of hydrogen-bond donors (Lipinski definition) is 0. The lowest BCUT2D eigenvalue weighted by atomic mass is 10.1. The van der Waals surface area contributed by atoms with E-state index in [9.17, 15) is 4.79 Å². The molecule has 0 fully saturated rings. The highest BCUT2D eigenvalue weighted by molar-refractivity contribution is 5.86. The van der Waals surface area contributed by atoms with Crippen molar-refractivity contribution < 1.29 is 9.53 Å². The Morgan fingerprint density at radius 1 is 1.41 bits per heavy atom. The molecule has 0 N–H and O–H groups in total. The highest BCUT2D eigenvalue weighted by Gasteiger charge is 1.92. The van der Waals surface area contributed by atoms with Gasteiger partial charge in [-0.2, -0.15) is 5.26 Å². The fraction of sp³-hybridized carbons (Fsp3) is 0.143. The highest BCUT2D eigenvalue weighted by atomic mass is 16.5. The quantitative estimate of drug-likeness (QED) is 0.440. The summed E-state index contributed by atoms with van der Waals surface area (Å²) in [6.07, 6.45) is 3.25. The Balaban J connectivity index is 2.70. The number of esters is 1. The minimum atomic E-state index is -0.386. The van der Waals surface area contributed by atoms with Gasteiger partial charge in [-0.1, -0.05) is 24.0 Å². The number of carbonyl (C=O) groups excluding carboxylic acids is 1. The van der Waals surface area contributed by atoms with Crippen LogP contribution < -0.4 is 0 Å². The van der Waals surface area contributed by atoms with Gasteiger partial charge in [0.15, 0.2) is 0 Å². The number of nitrogens with zero attached hydrogens (tertiary/aromatic N) is 1. The van der Waals surface area contributed by atoms with E-state index in [1.807, 2.05) is 30.3 Å². The first kappa shape index (κ1) is 12.5. The van der Waals surface area contributed by atoms with E-state index in [1.165, 1.54) is 13.2 Å². The summed E-state index contributed by atoms with van der Waals surface area (Å²) in [5, 5.41) is 8.33. The lowest BCUT2D eigenvalue weighted by molar-refractivity contribution is -0.134. The van der Waals surface area contributed by atoms with Crippen molar-refractivity contribution in [2.24, 2.45) is 0 Å². The molecule has 0 aliphatic carbocycles. The minimum Gasteiger partial charge on any atom is -0.466 e. The predicted octanol–water partition coefficient (Wildman–Crippen LogP) is 2.14. The van der Waals surface area contributed by atoms with Gasteiger partial charge >= 0.3 is 5.97 Å². The molecule has 0 atom stereocenters. The largest absolute Gasteiger partial charge is 0.466 e. The zero-order valence-electron chi connectivity index (χ0n) is 9.43. The first-order valence-electron chi connectivity index (χ1n) is 4.98. The summed E-state index contributed by atoms with van der Waals surface area (Å²) in [5.41, 5.74) is 1.73. The van der Waals surface area contributed by atoms with Crippen molar-refractivity contribution in [2.45, 2.75) is 6.42 Å². The van der Waals surface area contributed by atoms with E-state index in [0.717, 1.165) is 11.1 Å². The van der Waals surface area contributed by atoms with Gasteiger partial charge in [-0.3, -0.25) is 0 Å². The second-order valence-corrected chi connectivity index (χ2v) is 3.12. The van der Waals surface area contributed by atoms with Gasteiger partial charge in [0.1, 0.15) is 0 Å². The van der Waals surface area contributed by atoms with Crippen molar-refractivity contribution in [1.82, 2.24) is 0 Å². The molecular weight excluding hydrogens is 214 g/mol. The molecule has 0 saturated heterocycles. The number of carbonyl (C=O) groups is 1. The second kappa shape index (κ2) is 6.87. The fourth-order valence-corrected chi connectivity index (χ4v) is 1.10. The van der Waals surface area contributed by atoms with Crippen LogP contribution in [0.2, 0.25) is 0 Å². The van der Waals surface area contributed by atoms with E-state index >= 15 is 0 Å². The molecule has 1 aromatic rings. The van der Waals surface area contributed by atoms with Crippen LogP contribution in [-0.2, 0) is 9.53 Å². The van der Waals surface area contributed by atoms with Crippen molar-refractivity contribution in [3.63, 3.8) is 0 Å². The maximum Gasteiger partial charge on any atom is 0.330 e. The molecule has 0 bridgehead atoms. The monoisotopic (exact) mass is 225 g/mol. The standard InChI is InChI=1S/C14H11NO2/c1-17-14(16)10-9-13-7-5-12(6-8-13)4-2-3-11-15/h5-10H,3H2,1H3/b10-9+. The van der Waals surface area contributed by atoms with E-state index in [0.29, 0.717) is 0 Å². The van der Waals surface area contributed by atoms with Crippen LogP contribution in [0.15, 0.2) is 30.3 Å². The summed E-state index contributed by atoms with van der Waals surface area (Å²) in [5.74, 6) is 5.20. The van der Waals surface area contributed by atoms with Gasteiger partial charge in [0.2, 0.25) is 0 Å². The van der Waals surface area contributed by atoms with Gasteiger partial charge in [0.25, 0.3) is 0 Å². The van der Waals surface area contributed by atoms with Gasteiger partial charge in [0, 0.05) is 11.6 Å². The Bertz CT molecular complexity index is 510. The zero-order chi connectivity index (χ0) is 12.5. The molecule has 0 aliphatic heterocycles. The van der Waals surface area contributed by atoms with Crippen LogP contribution in [-0.4, -0.2) is 13.1 Å². The average molecular weight is 225 g/mol. The molecular formula is C14H11NO2. The third kappa shape index (κ3) is 4.68. The average Bonchev–Trinajstić information content (AvgIpc) is 2.37.